The molecule has 2 aromatic carbocycles. The molecule has 0 aliphatic rings. The molecule has 0 saturated carbocycles. The standard InChI is InChI=1S/C24H21N5O2S2/c1-14-15(2)25-19-10-9-17(11-18(14)19)22-27-28-24(31-22)33-13-21(30)29(3)23-26-20(12-32-23)16-7-5-4-6-8-16/h4-12,25H,13H2,1-3H3. The maximum Gasteiger partial charge on any atom is 0.277 e. The number of anilines is 1. The summed E-state index contributed by atoms with van der Waals surface area (Å²) in [5, 5.41) is 12.4. The molecule has 0 fully saturated rings. The van der Waals surface area contributed by atoms with Gasteiger partial charge in [0, 0.05) is 40.2 Å². The van der Waals surface area contributed by atoms with Gasteiger partial charge in [0.2, 0.25) is 11.8 Å². The summed E-state index contributed by atoms with van der Waals surface area (Å²) in [7, 11) is 1.73. The molecule has 0 radical (unpaired) electrons. The van der Waals surface area contributed by atoms with Gasteiger partial charge in [-0.3, -0.25) is 9.69 Å². The van der Waals surface area contributed by atoms with Crippen molar-refractivity contribution in [2.24, 2.45) is 0 Å². The zero-order chi connectivity index (χ0) is 22.9. The minimum absolute atomic E-state index is 0.0893. The van der Waals surface area contributed by atoms with Crippen molar-refractivity contribution in [3.05, 3.63) is 65.2 Å². The molecule has 3 aromatic heterocycles. The third-order valence-electron chi connectivity index (χ3n) is 5.50. The lowest BCUT2D eigenvalue weighted by Crippen LogP contribution is -2.27. The summed E-state index contributed by atoms with van der Waals surface area (Å²) in [6, 6.07) is 15.9. The van der Waals surface area contributed by atoms with E-state index in [4.69, 9.17) is 4.42 Å². The van der Waals surface area contributed by atoms with E-state index < -0.39 is 0 Å². The SMILES string of the molecule is Cc1[nH]c2ccc(-c3nnc(SCC(=O)N(C)c4nc(-c5ccccc5)cs4)o3)cc2c1C. The fourth-order valence-electron chi connectivity index (χ4n) is 3.47. The molecule has 3 heterocycles. The number of aromatic amines is 1. The van der Waals surface area contributed by atoms with Crippen molar-refractivity contribution < 1.29 is 9.21 Å². The van der Waals surface area contributed by atoms with Crippen molar-refractivity contribution in [2.45, 2.75) is 19.1 Å². The molecule has 0 aliphatic heterocycles. The zero-order valence-electron chi connectivity index (χ0n) is 18.3. The van der Waals surface area contributed by atoms with E-state index in [1.54, 1.807) is 11.9 Å². The number of rotatable bonds is 6. The zero-order valence-corrected chi connectivity index (χ0v) is 20.0. The highest BCUT2D eigenvalue weighted by Gasteiger charge is 2.18. The van der Waals surface area contributed by atoms with Crippen LogP contribution in [0.1, 0.15) is 11.3 Å². The molecular weight excluding hydrogens is 454 g/mol. The molecule has 166 valence electrons. The quantitative estimate of drug-likeness (QED) is 0.316. The number of carbonyl (C=O) groups excluding carboxylic acids is 1. The third kappa shape index (κ3) is 4.29. The Morgan fingerprint density at radius 2 is 1.94 bits per heavy atom. The Balaban J connectivity index is 1.24. The lowest BCUT2D eigenvalue weighted by atomic mass is 10.1. The number of benzene rings is 2. The first-order valence-electron chi connectivity index (χ1n) is 10.3. The van der Waals surface area contributed by atoms with Crippen molar-refractivity contribution in [3.63, 3.8) is 0 Å². The molecule has 1 amide bonds. The van der Waals surface area contributed by atoms with Gasteiger partial charge in [-0.2, -0.15) is 0 Å². The lowest BCUT2D eigenvalue weighted by molar-refractivity contribution is -0.115. The molecule has 0 unspecified atom stereocenters. The van der Waals surface area contributed by atoms with E-state index >= 15 is 0 Å². The molecule has 0 spiro atoms. The van der Waals surface area contributed by atoms with E-state index in [-0.39, 0.29) is 11.7 Å². The van der Waals surface area contributed by atoms with E-state index in [1.165, 1.54) is 28.7 Å². The third-order valence-corrected chi connectivity index (χ3v) is 7.22. The summed E-state index contributed by atoms with van der Waals surface area (Å²) < 4.78 is 5.81. The van der Waals surface area contributed by atoms with Crippen molar-refractivity contribution >= 4 is 45.0 Å². The number of fused-ring (bicyclic) bond motifs is 1. The maximum absolute atomic E-state index is 12.7. The number of hydrogen-bond acceptors (Lipinski definition) is 7. The van der Waals surface area contributed by atoms with Crippen LogP contribution >= 0.6 is 23.1 Å². The number of hydrogen-bond donors (Lipinski definition) is 1. The average Bonchev–Trinajstić information content (AvgIpc) is 3.58. The molecular formula is C24H21N5O2S2. The van der Waals surface area contributed by atoms with Crippen LogP contribution in [0.5, 0.6) is 0 Å². The second-order valence-electron chi connectivity index (χ2n) is 7.63. The number of aromatic nitrogens is 4. The van der Waals surface area contributed by atoms with E-state index in [0.717, 1.165) is 33.4 Å². The fourth-order valence-corrected chi connectivity index (χ4v) is 4.96. The van der Waals surface area contributed by atoms with Crippen molar-refractivity contribution in [2.75, 3.05) is 17.7 Å². The minimum atomic E-state index is -0.0893. The van der Waals surface area contributed by atoms with E-state index in [1.807, 2.05) is 53.9 Å². The second-order valence-corrected chi connectivity index (χ2v) is 9.39. The Hall–Kier alpha value is -3.43. The number of aryl methyl sites for hydroxylation is 2. The molecule has 0 bridgehead atoms. The van der Waals surface area contributed by atoms with Crippen LogP contribution in [-0.4, -0.2) is 38.9 Å². The Labute approximate surface area is 198 Å². The minimum Gasteiger partial charge on any atom is -0.411 e. The van der Waals surface area contributed by atoms with Crippen LogP contribution in [0, 0.1) is 13.8 Å². The Morgan fingerprint density at radius 3 is 2.76 bits per heavy atom. The van der Waals surface area contributed by atoms with Gasteiger partial charge >= 0.3 is 0 Å². The Kier molecular flexibility index (Phi) is 5.74. The molecule has 1 N–H and O–H groups in total. The van der Waals surface area contributed by atoms with Crippen LogP contribution in [0.15, 0.2) is 63.6 Å². The van der Waals surface area contributed by atoms with Gasteiger partial charge in [0.15, 0.2) is 5.13 Å². The summed E-state index contributed by atoms with van der Waals surface area (Å²) in [6.07, 6.45) is 0. The van der Waals surface area contributed by atoms with E-state index in [0.29, 0.717) is 16.2 Å². The lowest BCUT2D eigenvalue weighted by Gasteiger charge is -2.12. The summed E-state index contributed by atoms with van der Waals surface area (Å²) in [5.41, 5.74) is 6.15. The molecule has 9 heteroatoms. The van der Waals surface area contributed by atoms with Crippen LogP contribution in [0.3, 0.4) is 0 Å². The summed E-state index contributed by atoms with van der Waals surface area (Å²) in [4.78, 5) is 22.2. The maximum atomic E-state index is 12.7. The first-order valence-corrected chi connectivity index (χ1v) is 12.2. The van der Waals surface area contributed by atoms with Crippen molar-refractivity contribution in [1.82, 2.24) is 20.2 Å². The van der Waals surface area contributed by atoms with Gasteiger partial charge in [0.05, 0.1) is 11.4 Å². The van der Waals surface area contributed by atoms with Gasteiger partial charge in [-0.05, 0) is 37.6 Å². The summed E-state index contributed by atoms with van der Waals surface area (Å²) >= 11 is 2.66. The first-order chi connectivity index (χ1) is 16.0. The molecule has 0 atom stereocenters. The number of thioether (sulfide) groups is 1. The highest BCUT2D eigenvalue weighted by Crippen LogP contribution is 2.30. The largest absolute Gasteiger partial charge is 0.411 e. The van der Waals surface area contributed by atoms with Crippen molar-refractivity contribution in [3.8, 4) is 22.7 Å². The molecule has 7 nitrogen and oxygen atoms in total. The average molecular weight is 476 g/mol. The monoisotopic (exact) mass is 475 g/mol. The highest BCUT2D eigenvalue weighted by atomic mass is 32.2. The van der Waals surface area contributed by atoms with E-state index in [9.17, 15) is 4.79 Å². The summed E-state index contributed by atoms with van der Waals surface area (Å²) in [6.45, 7) is 4.14. The number of nitrogens with zero attached hydrogens (tertiary/aromatic N) is 4. The van der Waals surface area contributed by atoms with Crippen LogP contribution < -0.4 is 4.90 Å². The first kappa shape index (κ1) is 21.4. The normalized spacial score (nSPS) is 11.2. The smallest absolute Gasteiger partial charge is 0.277 e. The number of carbonyl (C=O) groups is 1. The van der Waals surface area contributed by atoms with Crippen LogP contribution in [-0.2, 0) is 4.79 Å². The molecule has 5 rings (SSSR count). The van der Waals surface area contributed by atoms with Crippen LogP contribution in [0.2, 0.25) is 0 Å². The topological polar surface area (TPSA) is 87.9 Å². The Morgan fingerprint density at radius 1 is 1.12 bits per heavy atom. The predicted molar refractivity (Wildman–Crippen MR) is 133 cm³/mol. The number of H-pyrrole nitrogens is 1. The van der Waals surface area contributed by atoms with Crippen LogP contribution in [0.25, 0.3) is 33.6 Å². The highest BCUT2D eigenvalue weighted by molar-refractivity contribution is 7.99. The molecule has 0 saturated heterocycles. The number of nitrogens with one attached hydrogen (secondary N) is 1. The van der Waals surface area contributed by atoms with Gasteiger partial charge in [0.1, 0.15) is 0 Å². The summed E-state index contributed by atoms with van der Waals surface area (Å²) in [5.74, 6) is 0.521. The van der Waals surface area contributed by atoms with Gasteiger partial charge in [-0.15, -0.1) is 21.5 Å². The van der Waals surface area contributed by atoms with Crippen LogP contribution in [0.4, 0.5) is 5.13 Å². The van der Waals surface area contributed by atoms with Gasteiger partial charge < -0.3 is 9.40 Å². The van der Waals surface area contributed by atoms with E-state index in [2.05, 4.69) is 34.0 Å². The number of thiazole rings is 1. The second kappa shape index (κ2) is 8.84. The number of amides is 1. The molecule has 33 heavy (non-hydrogen) atoms. The molecule has 0 aliphatic carbocycles. The predicted octanol–water partition coefficient (Wildman–Crippen LogP) is 5.71. The van der Waals surface area contributed by atoms with Gasteiger partial charge in [0.25, 0.3) is 5.22 Å². The van der Waals surface area contributed by atoms with Crippen molar-refractivity contribution in [1.29, 1.82) is 0 Å². The fraction of sp³-hybridized carbons (Fsp3) is 0.167. The Bertz CT molecular complexity index is 1440. The van der Waals surface area contributed by atoms with Gasteiger partial charge in [-0.25, -0.2) is 4.98 Å². The molecule has 5 aromatic rings. The van der Waals surface area contributed by atoms with Gasteiger partial charge in [-0.1, -0.05) is 42.1 Å².